The first-order valence-electron chi connectivity index (χ1n) is 8.86. The maximum absolute atomic E-state index is 5.87. The van der Waals surface area contributed by atoms with E-state index in [9.17, 15) is 0 Å². The normalized spacial score (nSPS) is 16.3. The Morgan fingerprint density at radius 2 is 2.04 bits per heavy atom. The van der Waals surface area contributed by atoms with Crippen molar-refractivity contribution in [2.45, 2.75) is 13.1 Å². The summed E-state index contributed by atoms with van der Waals surface area (Å²) in [5.41, 5.74) is 1.90. The molecule has 1 aliphatic rings. The summed E-state index contributed by atoms with van der Waals surface area (Å²) in [6, 6.07) is 12.0. The molecule has 0 spiro atoms. The Hall–Kier alpha value is -2.80. The first kappa shape index (κ1) is 16.7. The number of fused-ring (bicyclic) bond motifs is 1. The third kappa shape index (κ3) is 3.72. The van der Waals surface area contributed by atoms with Crippen LogP contribution >= 0.6 is 0 Å². The average molecular weight is 353 g/mol. The number of rotatable bonds is 4. The second-order valence-corrected chi connectivity index (χ2v) is 6.41. The summed E-state index contributed by atoms with van der Waals surface area (Å²) in [7, 11) is 1.82. The van der Waals surface area contributed by atoms with Gasteiger partial charge in [0.2, 0.25) is 0 Å². The van der Waals surface area contributed by atoms with Crippen LogP contribution in [0.1, 0.15) is 11.5 Å². The maximum atomic E-state index is 5.87. The zero-order valence-corrected chi connectivity index (χ0v) is 14.9. The molecule has 0 atom stereocenters. The van der Waals surface area contributed by atoms with Gasteiger partial charge in [0.15, 0.2) is 5.96 Å². The van der Waals surface area contributed by atoms with Gasteiger partial charge in [0, 0.05) is 51.2 Å². The van der Waals surface area contributed by atoms with Gasteiger partial charge in [-0.1, -0.05) is 23.4 Å². The highest BCUT2D eigenvalue weighted by Gasteiger charge is 2.20. The van der Waals surface area contributed by atoms with Crippen molar-refractivity contribution in [2.75, 3.05) is 33.2 Å². The van der Waals surface area contributed by atoms with Gasteiger partial charge in [-0.2, -0.15) is 0 Å². The summed E-state index contributed by atoms with van der Waals surface area (Å²) in [6.45, 7) is 5.25. The average Bonchev–Trinajstić information content (AvgIpc) is 3.32. The third-order valence-electron chi connectivity index (χ3n) is 4.66. The molecule has 4 rings (SSSR count). The fourth-order valence-corrected chi connectivity index (χ4v) is 3.29. The first-order valence-corrected chi connectivity index (χ1v) is 8.86. The van der Waals surface area contributed by atoms with E-state index in [2.05, 4.69) is 37.4 Å². The van der Waals surface area contributed by atoms with Gasteiger partial charge < -0.3 is 19.2 Å². The van der Waals surface area contributed by atoms with E-state index in [0.717, 1.165) is 61.1 Å². The molecule has 3 heterocycles. The van der Waals surface area contributed by atoms with Gasteiger partial charge in [0.25, 0.3) is 0 Å². The van der Waals surface area contributed by atoms with Gasteiger partial charge >= 0.3 is 0 Å². The van der Waals surface area contributed by atoms with Crippen LogP contribution in [0.15, 0.2) is 56.6 Å². The Morgan fingerprint density at radius 1 is 1.19 bits per heavy atom. The van der Waals surface area contributed by atoms with E-state index in [1.807, 2.05) is 31.3 Å². The minimum atomic E-state index is 0.626. The number of furan rings is 1. The molecular formula is C19H23N5O2. The molecular weight excluding hydrogens is 330 g/mol. The molecule has 0 radical (unpaired) electrons. The molecule has 1 N–H and O–H groups in total. The Kier molecular flexibility index (Phi) is 4.88. The van der Waals surface area contributed by atoms with E-state index in [0.29, 0.717) is 6.54 Å². The molecule has 2 aromatic heterocycles. The highest BCUT2D eigenvalue weighted by atomic mass is 16.5. The molecule has 0 unspecified atom stereocenters. The lowest BCUT2D eigenvalue weighted by Gasteiger charge is -2.36. The second kappa shape index (κ2) is 7.61. The molecule has 7 heteroatoms. The van der Waals surface area contributed by atoms with Crippen molar-refractivity contribution in [2.24, 2.45) is 4.99 Å². The van der Waals surface area contributed by atoms with Gasteiger partial charge in [0.05, 0.1) is 12.2 Å². The number of hydrogen-bond donors (Lipinski definition) is 1. The van der Waals surface area contributed by atoms with Crippen LogP contribution in [0.3, 0.4) is 0 Å². The Labute approximate surface area is 152 Å². The van der Waals surface area contributed by atoms with Crippen molar-refractivity contribution in [3.05, 3.63) is 54.1 Å². The van der Waals surface area contributed by atoms with Crippen LogP contribution < -0.4 is 5.32 Å². The van der Waals surface area contributed by atoms with Crippen LogP contribution in [0.25, 0.3) is 11.0 Å². The molecule has 1 fully saturated rings. The van der Waals surface area contributed by atoms with Gasteiger partial charge in [-0.3, -0.25) is 9.89 Å². The zero-order chi connectivity index (χ0) is 17.8. The van der Waals surface area contributed by atoms with Crippen LogP contribution in [0.5, 0.6) is 0 Å². The molecule has 1 saturated heterocycles. The number of aromatic nitrogens is 1. The maximum Gasteiger partial charge on any atom is 0.194 e. The summed E-state index contributed by atoms with van der Waals surface area (Å²) >= 11 is 0. The first-order chi connectivity index (χ1) is 12.8. The van der Waals surface area contributed by atoms with Crippen LogP contribution in [0, 0.1) is 0 Å². The minimum Gasteiger partial charge on any atom is -0.459 e. The molecule has 1 aromatic carbocycles. The quantitative estimate of drug-likeness (QED) is 0.573. The number of nitrogens with one attached hydrogen (secondary N) is 1. The van der Waals surface area contributed by atoms with Gasteiger partial charge in [-0.05, 0) is 12.1 Å². The molecule has 7 nitrogen and oxygen atoms in total. The number of hydrogen-bond acceptors (Lipinski definition) is 5. The monoisotopic (exact) mass is 353 g/mol. The van der Waals surface area contributed by atoms with Crippen LogP contribution in [-0.2, 0) is 13.1 Å². The van der Waals surface area contributed by atoms with E-state index < -0.39 is 0 Å². The van der Waals surface area contributed by atoms with Gasteiger partial charge in [-0.15, -0.1) is 0 Å². The Balaban J connectivity index is 1.30. The molecule has 0 bridgehead atoms. The van der Waals surface area contributed by atoms with Crippen molar-refractivity contribution in [1.29, 1.82) is 0 Å². The Morgan fingerprint density at radius 3 is 2.77 bits per heavy atom. The predicted molar refractivity (Wildman–Crippen MR) is 99.8 cm³/mol. The molecule has 0 aliphatic carbocycles. The molecule has 26 heavy (non-hydrogen) atoms. The third-order valence-corrected chi connectivity index (χ3v) is 4.66. The van der Waals surface area contributed by atoms with Crippen molar-refractivity contribution < 1.29 is 8.94 Å². The number of piperazine rings is 1. The summed E-state index contributed by atoms with van der Waals surface area (Å²) in [5, 5.41) is 8.52. The fraction of sp³-hybridized carbons (Fsp3) is 0.368. The fourth-order valence-electron chi connectivity index (χ4n) is 3.29. The largest absolute Gasteiger partial charge is 0.459 e. The van der Waals surface area contributed by atoms with E-state index in [1.54, 1.807) is 6.26 Å². The smallest absolute Gasteiger partial charge is 0.194 e. The highest BCUT2D eigenvalue weighted by Crippen LogP contribution is 2.18. The molecule has 1 aliphatic heterocycles. The molecule has 136 valence electrons. The molecule has 0 saturated carbocycles. The van der Waals surface area contributed by atoms with Crippen LogP contribution in [0.4, 0.5) is 0 Å². The lowest BCUT2D eigenvalue weighted by Crippen LogP contribution is -2.52. The van der Waals surface area contributed by atoms with Crippen molar-refractivity contribution in [3.63, 3.8) is 0 Å². The van der Waals surface area contributed by atoms with E-state index in [4.69, 9.17) is 8.94 Å². The molecule has 0 amide bonds. The zero-order valence-electron chi connectivity index (χ0n) is 14.9. The summed E-state index contributed by atoms with van der Waals surface area (Å²) < 4.78 is 10.8. The van der Waals surface area contributed by atoms with Crippen LogP contribution in [-0.4, -0.2) is 54.1 Å². The van der Waals surface area contributed by atoms with Crippen molar-refractivity contribution in [1.82, 2.24) is 20.3 Å². The van der Waals surface area contributed by atoms with Gasteiger partial charge in [0.1, 0.15) is 17.6 Å². The Bertz CT molecular complexity index is 830. The van der Waals surface area contributed by atoms with Gasteiger partial charge in [-0.25, -0.2) is 0 Å². The standard InChI is InChI=1S/C19H23N5O2/c1-20-19(21-13-17-12-15-4-2-3-5-18(15)26-17)24-9-7-23(8-10-24)14-16-6-11-25-22-16/h2-6,11-12H,7-10,13-14H2,1H3,(H,20,21). The number of guanidine groups is 1. The van der Waals surface area contributed by atoms with E-state index in [1.165, 1.54) is 0 Å². The summed E-state index contributed by atoms with van der Waals surface area (Å²) in [6.07, 6.45) is 1.62. The predicted octanol–water partition coefficient (Wildman–Crippen LogP) is 2.31. The minimum absolute atomic E-state index is 0.626. The topological polar surface area (TPSA) is 70.0 Å². The summed E-state index contributed by atoms with van der Waals surface area (Å²) in [5.74, 6) is 1.82. The van der Waals surface area contributed by atoms with E-state index >= 15 is 0 Å². The van der Waals surface area contributed by atoms with Crippen molar-refractivity contribution >= 4 is 16.9 Å². The number of nitrogens with zero attached hydrogens (tertiary/aromatic N) is 4. The second-order valence-electron chi connectivity index (χ2n) is 6.41. The number of benzene rings is 1. The lowest BCUT2D eigenvalue weighted by atomic mass is 10.2. The SMILES string of the molecule is CN=C(NCc1cc2ccccc2o1)N1CCN(Cc2ccon2)CC1. The summed E-state index contributed by atoms with van der Waals surface area (Å²) in [4.78, 5) is 9.08. The molecule has 3 aromatic rings. The number of aliphatic imine (C=N–C) groups is 1. The highest BCUT2D eigenvalue weighted by molar-refractivity contribution is 5.80. The lowest BCUT2D eigenvalue weighted by molar-refractivity contribution is 0.169. The van der Waals surface area contributed by atoms with Crippen molar-refractivity contribution in [3.8, 4) is 0 Å². The van der Waals surface area contributed by atoms with Crippen LogP contribution in [0.2, 0.25) is 0 Å². The number of para-hydroxylation sites is 1. The van der Waals surface area contributed by atoms with E-state index in [-0.39, 0.29) is 0 Å².